The molecule has 106 valence electrons. The molecular formula is C15H13N3O2S. The molecular weight excluding hydrogens is 286 g/mol. The molecule has 3 heterocycles. The number of carbonyl (C=O) groups is 1. The Morgan fingerprint density at radius 3 is 3.29 bits per heavy atom. The Morgan fingerprint density at radius 1 is 1.48 bits per heavy atom. The number of thiazole rings is 1. The van der Waals surface area contributed by atoms with E-state index in [1.54, 1.807) is 11.3 Å². The second-order valence-corrected chi connectivity index (χ2v) is 5.82. The second-order valence-electron chi connectivity index (χ2n) is 4.95. The van der Waals surface area contributed by atoms with Crippen LogP contribution in [0.5, 0.6) is 5.75 Å². The fraction of sp³-hybridized carbons (Fsp3) is 0.200. The SMILES string of the molecule is O=C(Cc1cn2ccsc2n1)C1CNc2ccccc2O1. The minimum atomic E-state index is -0.459. The van der Waals surface area contributed by atoms with Gasteiger partial charge in [0.2, 0.25) is 0 Å². The maximum Gasteiger partial charge on any atom is 0.193 e. The molecule has 3 aromatic rings. The van der Waals surface area contributed by atoms with Crippen LogP contribution in [-0.2, 0) is 11.2 Å². The van der Waals surface area contributed by atoms with Crippen molar-refractivity contribution < 1.29 is 9.53 Å². The van der Waals surface area contributed by atoms with Crippen LogP contribution >= 0.6 is 11.3 Å². The number of ketones is 1. The summed E-state index contributed by atoms with van der Waals surface area (Å²) in [5, 5.41) is 5.20. The van der Waals surface area contributed by atoms with Crippen molar-refractivity contribution in [2.24, 2.45) is 0 Å². The van der Waals surface area contributed by atoms with Crippen molar-refractivity contribution in [2.75, 3.05) is 11.9 Å². The molecule has 4 rings (SSSR count). The van der Waals surface area contributed by atoms with Gasteiger partial charge < -0.3 is 10.1 Å². The lowest BCUT2D eigenvalue weighted by molar-refractivity contribution is -0.124. The lowest BCUT2D eigenvalue weighted by Crippen LogP contribution is -2.38. The van der Waals surface area contributed by atoms with Crippen LogP contribution in [0, 0.1) is 0 Å². The molecule has 0 fully saturated rings. The van der Waals surface area contributed by atoms with E-state index in [4.69, 9.17) is 4.74 Å². The standard InChI is InChI=1S/C15H13N3O2S/c19-12(7-10-9-18-5-6-21-15(18)17-10)14-8-16-11-3-1-2-4-13(11)20-14/h1-6,9,14,16H,7-8H2. The van der Waals surface area contributed by atoms with E-state index in [1.165, 1.54) is 0 Å². The summed E-state index contributed by atoms with van der Waals surface area (Å²) in [6, 6.07) is 7.65. The molecule has 2 aromatic heterocycles. The summed E-state index contributed by atoms with van der Waals surface area (Å²) in [5.41, 5.74) is 1.72. The van der Waals surface area contributed by atoms with E-state index in [-0.39, 0.29) is 5.78 Å². The number of Topliss-reactive ketones (excluding diaryl/α,β-unsaturated/α-hetero) is 1. The summed E-state index contributed by atoms with van der Waals surface area (Å²) >= 11 is 1.56. The third-order valence-electron chi connectivity index (χ3n) is 3.49. The molecule has 5 nitrogen and oxygen atoms in total. The van der Waals surface area contributed by atoms with Gasteiger partial charge in [0.25, 0.3) is 0 Å². The van der Waals surface area contributed by atoms with Crippen LogP contribution in [0.25, 0.3) is 4.96 Å². The summed E-state index contributed by atoms with van der Waals surface area (Å²) in [6.45, 7) is 0.498. The molecule has 0 saturated heterocycles. The molecule has 1 aromatic carbocycles. The Bertz CT molecular complexity index is 779. The first-order chi connectivity index (χ1) is 10.3. The summed E-state index contributed by atoms with van der Waals surface area (Å²) in [7, 11) is 0. The number of para-hydroxylation sites is 2. The molecule has 0 radical (unpaired) electrons. The van der Waals surface area contributed by atoms with Crippen molar-refractivity contribution in [1.82, 2.24) is 9.38 Å². The molecule has 1 atom stereocenters. The highest BCUT2D eigenvalue weighted by atomic mass is 32.1. The van der Waals surface area contributed by atoms with E-state index >= 15 is 0 Å². The average molecular weight is 299 g/mol. The number of hydrogen-bond donors (Lipinski definition) is 1. The third-order valence-corrected chi connectivity index (χ3v) is 4.26. The number of imidazole rings is 1. The first-order valence-corrected chi connectivity index (χ1v) is 7.61. The fourth-order valence-corrected chi connectivity index (χ4v) is 3.17. The first kappa shape index (κ1) is 12.4. The summed E-state index contributed by atoms with van der Waals surface area (Å²) in [6.07, 6.45) is 3.67. The van der Waals surface area contributed by atoms with Crippen molar-refractivity contribution in [3.8, 4) is 5.75 Å². The van der Waals surface area contributed by atoms with Crippen molar-refractivity contribution in [3.63, 3.8) is 0 Å². The van der Waals surface area contributed by atoms with Gasteiger partial charge in [0.1, 0.15) is 5.75 Å². The predicted octanol–water partition coefficient (Wildman–Crippen LogP) is 2.38. The topological polar surface area (TPSA) is 55.6 Å². The van der Waals surface area contributed by atoms with Gasteiger partial charge in [0.15, 0.2) is 16.8 Å². The lowest BCUT2D eigenvalue weighted by Gasteiger charge is -2.26. The number of hydrogen-bond acceptors (Lipinski definition) is 5. The highest BCUT2D eigenvalue weighted by molar-refractivity contribution is 7.15. The number of fused-ring (bicyclic) bond motifs is 2. The minimum absolute atomic E-state index is 0.0442. The van der Waals surface area contributed by atoms with Gasteiger partial charge in [-0.15, -0.1) is 11.3 Å². The number of anilines is 1. The molecule has 0 bridgehead atoms. The van der Waals surface area contributed by atoms with Crippen LogP contribution < -0.4 is 10.1 Å². The molecule has 1 unspecified atom stereocenters. The molecule has 1 aliphatic heterocycles. The van der Waals surface area contributed by atoms with Gasteiger partial charge in [-0.3, -0.25) is 9.20 Å². The van der Waals surface area contributed by atoms with Crippen LogP contribution in [0.4, 0.5) is 5.69 Å². The highest BCUT2D eigenvalue weighted by Gasteiger charge is 2.26. The normalized spacial score (nSPS) is 17.0. The van der Waals surface area contributed by atoms with Gasteiger partial charge in [-0.05, 0) is 12.1 Å². The molecule has 0 spiro atoms. The zero-order valence-electron chi connectivity index (χ0n) is 11.2. The number of benzene rings is 1. The molecule has 0 aliphatic carbocycles. The Morgan fingerprint density at radius 2 is 2.38 bits per heavy atom. The summed E-state index contributed by atoms with van der Waals surface area (Å²) < 4.78 is 7.71. The monoisotopic (exact) mass is 299 g/mol. The zero-order valence-corrected chi connectivity index (χ0v) is 12.0. The molecule has 0 amide bonds. The van der Waals surface area contributed by atoms with Crippen LogP contribution in [0.1, 0.15) is 5.69 Å². The third kappa shape index (κ3) is 2.27. The van der Waals surface area contributed by atoms with Crippen molar-refractivity contribution >= 4 is 27.8 Å². The number of nitrogens with one attached hydrogen (secondary N) is 1. The molecule has 21 heavy (non-hydrogen) atoms. The lowest BCUT2D eigenvalue weighted by atomic mass is 10.1. The van der Waals surface area contributed by atoms with Crippen LogP contribution in [0.15, 0.2) is 42.0 Å². The van der Waals surface area contributed by atoms with Gasteiger partial charge in [-0.25, -0.2) is 4.98 Å². The Balaban J connectivity index is 1.49. The number of ether oxygens (including phenoxy) is 1. The second kappa shape index (κ2) is 4.89. The fourth-order valence-electron chi connectivity index (χ4n) is 2.45. The number of carbonyl (C=O) groups excluding carboxylic acids is 1. The van der Waals surface area contributed by atoms with Crippen LogP contribution in [-0.4, -0.2) is 27.8 Å². The first-order valence-electron chi connectivity index (χ1n) is 6.73. The van der Waals surface area contributed by atoms with Gasteiger partial charge in [-0.1, -0.05) is 12.1 Å². The van der Waals surface area contributed by atoms with E-state index in [2.05, 4.69) is 10.3 Å². The average Bonchev–Trinajstić information content (AvgIpc) is 3.08. The quantitative estimate of drug-likeness (QED) is 0.807. The minimum Gasteiger partial charge on any atom is -0.479 e. The maximum absolute atomic E-state index is 12.4. The zero-order chi connectivity index (χ0) is 14.2. The highest BCUT2D eigenvalue weighted by Crippen LogP contribution is 2.28. The van der Waals surface area contributed by atoms with E-state index in [1.807, 2.05) is 46.4 Å². The summed E-state index contributed by atoms with van der Waals surface area (Å²) in [5.74, 6) is 0.774. The summed E-state index contributed by atoms with van der Waals surface area (Å²) in [4.78, 5) is 17.7. The molecule has 1 N–H and O–H groups in total. The maximum atomic E-state index is 12.4. The number of nitrogens with zero attached hydrogens (tertiary/aromatic N) is 2. The predicted molar refractivity (Wildman–Crippen MR) is 81.1 cm³/mol. The van der Waals surface area contributed by atoms with Gasteiger partial charge in [-0.2, -0.15) is 0 Å². The van der Waals surface area contributed by atoms with Crippen molar-refractivity contribution in [2.45, 2.75) is 12.5 Å². The van der Waals surface area contributed by atoms with Gasteiger partial charge in [0.05, 0.1) is 24.3 Å². The van der Waals surface area contributed by atoms with Gasteiger partial charge >= 0.3 is 0 Å². The number of rotatable bonds is 3. The molecule has 6 heteroatoms. The number of aromatic nitrogens is 2. The van der Waals surface area contributed by atoms with Crippen LogP contribution in [0.3, 0.4) is 0 Å². The van der Waals surface area contributed by atoms with Crippen molar-refractivity contribution in [1.29, 1.82) is 0 Å². The smallest absolute Gasteiger partial charge is 0.193 e. The van der Waals surface area contributed by atoms with E-state index in [0.29, 0.717) is 13.0 Å². The molecule has 0 saturated carbocycles. The van der Waals surface area contributed by atoms with E-state index in [9.17, 15) is 4.79 Å². The van der Waals surface area contributed by atoms with E-state index < -0.39 is 6.10 Å². The Kier molecular flexibility index (Phi) is 2.89. The van der Waals surface area contributed by atoms with Gasteiger partial charge in [0, 0.05) is 17.8 Å². The molecule has 1 aliphatic rings. The Labute approximate surface area is 125 Å². The van der Waals surface area contributed by atoms with E-state index in [0.717, 1.165) is 22.1 Å². The largest absolute Gasteiger partial charge is 0.479 e. The van der Waals surface area contributed by atoms with Crippen LogP contribution in [0.2, 0.25) is 0 Å². The van der Waals surface area contributed by atoms with Crippen molar-refractivity contribution in [3.05, 3.63) is 47.7 Å². The Hall–Kier alpha value is -2.34.